The highest BCUT2D eigenvalue weighted by Gasteiger charge is 2.31. The van der Waals surface area contributed by atoms with Crippen molar-refractivity contribution in [1.29, 1.82) is 0 Å². The molecule has 0 saturated heterocycles. The molecular weight excluding hydrogens is 192 g/mol. The van der Waals surface area contributed by atoms with Gasteiger partial charge in [0.15, 0.2) is 0 Å². The van der Waals surface area contributed by atoms with Crippen molar-refractivity contribution < 1.29 is 0 Å². The van der Waals surface area contributed by atoms with E-state index in [2.05, 4.69) is 65.0 Å². The SMILES string of the molecule is CC1=CC(=C(C)C)C(C)(C)c2ccccc21. The summed E-state index contributed by atoms with van der Waals surface area (Å²) >= 11 is 0. The van der Waals surface area contributed by atoms with Gasteiger partial charge in [0.2, 0.25) is 0 Å². The zero-order chi connectivity index (χ0) is 11.9. The van der Waals surface area contributed by atoms with Crippen LogP contribution < -0.4 is 0 Å². The highest BCUT2D eigenvalue weighted by atomic mass is 14.3. The summed E-state index contributed by atoms with van der Waals surface area (Å²) in [6.45, 7) is 11.2. The highest BCUT2D eigenvalue weighted by Crippen LogP contribution is 2.43. The minimum atomic E-state index is 0.134. The molecule has 0 bridgehead atoms. The Bertz CT molecular complexity index is 481. The van der Waals surface area contributed by atoms with E-state index < -0.39 is 0 Å². The first kappa shape index (κ1) is 11.2. The van der Waals surface area contributed by atoms with Crippen LogP contribution in [0.25, 0.3) is 5.57 Å². The Morgan fingerprint density at radius 3 is 2.31 bits per heavy atom. The molecule has 0 amide bonds. The van der Waals surface area contributed by atoms with Gasteiger partial charge < -0.3 is 0 Å². The van der Waals surface area contributed by atoms with Gasteiger partial charge in [-0.25, -0.2) is 0 Å². The van der Waals surface area contributed by atoms with E-state index in [0.29, 0.717) is 0 Å². The fourth-order valence-corrected chi connectivity index (χ4v) is 2.76. The molecule has 0 aromatic heterocycles. The summed E-state index contributed by atoms with van der Waals surface area (Å²) in [5, 5.41) is 0. The number of fused-ring (bicyclic) bond motifs is 1. The second-order valence-electron chi connectivity index (χ2n) is 5.41. The molecule has 1 aromatic carbocycles. The van der Waals surface area contributed by atoms with Gasteiger partial charge in [-0.3, -0.25) is 0 Å². The van der Waals surface area contributed by atoms with Crippen LogP contribution in [-0.2, 0) is 5.41 Å². The molecule has 16 heavy (non-hydrogen) atoms. The summed E-state index contributed by atoms with van der Waals surface area (Å²) in [7, 11) is 0. The molecule has 0 saturated carbocycles. The lowest BCUT2D eigenvalue weighted by Gasteiger charge is -2.35. The number of allylic oxidation sites excluding steroid dienone is 4. The van der Waals surface area contributed by atoms with Gasteiger partial charge in [0.1, 0.15) is 0 Å². The zero-order valence-corrected chi connectivity index (χ0v) is 10.9. The highest BCUT2D eigenvalue weighted by molar-refractivity contribution is 5.75. The fraction of sp³-hybridized carbons (Fsp3) is 0.375. The van der Waals surface area contributed by atoms with Crippen LogP contribution in [-0.4, -0.2) is 0 Å². The molecule has 0 nitrogen and oxygen atoms in total. The molecule has 0 atom stereocenters. The Kier molecular flexibility index (Phi) is 2.53. The second-order valence-corrected chi connectivity index (χ2v) is 5.41. The lowest BCUT2D eigenvalue weighted by molar-refractivity contribution is 0.625. The van der Waals surface area contributed by atoms with Gasteiger partial charge in [-0.05, 0) is 43.0 Å². The lowest BCUT2D eigenvalue weighted by atomic mass is 9.69. The van der Waals surface area contributed by atoms with Crippen molar-refractivity contribution in [1.82, 2.24) is 0 Å². The van der Waals surface area contributed by atoms with Crippen molar-refractivity contribution in [3.8, 4) is 0 Å². The average Bonchev–Trinajstić information content (AvgIpc) is 2.23. The molecule has 0 aliphatic heterocycles. The maximum atomic E-state index is 2.34. The molecule has 0 spiro atoms. The van der Waals surface area contributed by atoms with E-state index >= 15 is 0 Å². The van der Waals surface area contributed by atoms with Crippen LogP contribution in [0, 0.1) is 0 Å². The van der Waals surface area contributed by atoms with Crippen molar-refractivity contribution in [2.75, 3.05) is 0 Å². The number of hydrogen-bond acceptors (Lipinski definition) is 0. The predicted octanol–water partition coefficient (Wildman–Crippen LogP) is 4.72. The third-order valence-corrected chi connectivity index (χ3v) is 3.60. The number of hydrogen-bond donors (Lipinski definition) is 0. The molecule has 1 aromatic rings. The van der Waals surface area contributed by atoms with Crippen LogP contribution in [0.1, 0.15) is 45.7 Å². The van der Waals surface area contributed by atoms with Crippen molar-refractivity contribution in [2.24, 2.45) is 0 Å². The summed E-state index contributed by atoms with van der Waals surface area (Å²) in [5.74, 6) is 0. The first-order valence-electron chi connectivity index (χ1n) is 5.90. The van der Waals surface area contributed by atoms with Crippen LogP contribution >= 0.6 is 0 Å². The largest absolute Gasteiger partial charge is 0.0723 e. The maximum absolute atomic E-state index is 2.34. The van der Waals surface area contributed by atoms with E-state index in [1.54, 1.807) is 0 Å². The Morgan fingerprint density at radius 1 is 1.06 bits per heavy atom. The van der Waals surface area contributed by atoms with E-state index in [1.807, 2.05) is 0 Å². The van der Waals surface area contributed by atoms with Gasteiger partial charge in [-0.1, -0.05) is 49.8 Å². The lowest BCUT2D eigenvalue weighted by Crippen LogP contribution is -2.25. The molecule has 0 unspecified atom stereocenters. The molecule has 0 fully saturated rings. The molecule has 84 valence electrons. The Hall–Kier alpha value is -1.30. The molecule has 0 radical (unpaired) electrons. The quantitative estimate of drug-likeness (QED) is 0.584. The third kappa shape index (κ3) is 1.53. The fourth-order valence-electron chi connectivity index (χ4n) is 2.76. The Morgan fingerprint density at radius 2 is 1.69 bits per heavy atom. The van der Waals surface area contributed by atoms with E-state index in [-0.39, 0.29) is 5.41 Å². The summed E-state index contributed by atoms with van der Waals surface area (Å²) in [6.07, 6.45) is 2.34. The van der Waals surface area contributed by atoms with Gasteiger partial charge in [-0.15, -0.1) is 0 Å². The Balaban J connectivity index is 2.76. The van der Waals surface area contributed by atoms with Crippen LogP contribution in [0.3, 0.4) is 0 Å². The number of benzene rings is 1. The average molecular weight is 212 g/mol. The van der Waals surface area contributed by atoms with Crippen LogP contribution in [0.5, 0.6) is 0 Å². The molecule has 0 N–H and O–H groups in total. The van der Waals surface area contributed by atoms with Gasteiger partial charge >= 0.3 is 0 Å². The zero-order valence-electron chi connectivity index (χ0n) is 10.9. The second kappa shape index (κ2) is 3.62. The standard InChI is InChI=1S/C16H20/c1-11(2)15-10-12(3)13-8-6-7-9-14(13)16(15,4)5/h6-10H,1-5H3. The minimum absolute atomic E-state index is 0.134. The van der Waals surface area contributed by atoms with Gasteiger partial charge in [0.05, 0.1) is 0 Å². The molecule has 1 aliphatic carbocycles. The van der Waals surface area contributed by atoms with Crippen LogP contribution in [0.4, 0.5) is 0 Å². The first-order chi connectivity index (χ1) is 7.44. The van der Waals surface area contributed by atoms with Crippen molar-refractivity contribution in [2.45, 2.75) is 40.0 Å². The van der Waals surface area contributed by atoms with Crippen molar-refractivity contribution in [3.05, 3.63) is 52.6 Å². The molecule has 0 heteroatoms. The van der Waals surface area contributed by atoms with Crippen molar-refractivity contribution >= 4 is 5.57 Å². The van der Waals surface area contributed by atoms with Crippen molar-refractivity contribution in [3.63, 3.8) is 0 Å². The summed E-state index contributed by atoms with van der Waals surface area (Å²) in [4.78, 5) is 0. The van der Waals surface area contributed by atoms with Gasteiger partial charge in [0, 0.05) is 5.41 Å². The predicted molar refractivity (Wildman–Crippen MR) is 71.5 cm³/mol. The van der Waals surface area contributed by atoms with Crippen LogP contribution in [0.15, 0.2) is 41.5 Å². The molecular formula is C16H20. The summed E-state index contributed by atoms with van der Waals surface area (Å²) in [5.41, 5.74) is 7.24. The summed E-state index contributed by atoms with van der Waals surface area (Å²) < 4.78 is 0. The molecule has 1 aliphatic rings. The van der Waals surface area contributed by atoms with E-state index in [9.17, 15) is 0 Å². The Labute approximate surface area is 98.7 Å². The van der Waals surface area contributed by atoms with Gasteiger partial charge in [-0.2, -0.15) is 0 Å². The topological polar surface area (TPSA) is 0 Å². The van der Waals surface area contributed by atoms with Crippen LogP contribution in [0.2, 0.25) is 0 Å². The van der Waals surface area contributed by atoms with Gasteiger partial charge in [0.25, 0.3) is 0 Å². The smallest absolute Gasteiger partial charge is 0.0152 e. The summed E-state index contributed by atoms with van der Waals surface area (Å²) in [6, 6.07) is 8.75. The third-order valence-electron chi connectivity index (χ3n) is 3.60. The molecule has 0 heterocycles. The first-order valence-corrected chi connectivity index (χ1v) is 5.90. The monoisotopic (exact) mass is 212 g/mol. The minimum Gasteiger partial charge on any atom is -0.0723 e. The normalized spacial score (nSPS) is 17.8. The van der Waals surface area contributed by atoms with E-state index in [1.165, 1.54) is 27.8 Å². The van der Waals surface area contributed by atoms with E-state index in [4.69, 9.17) is 0 Å². The maximum Gasteiger partial charge on any atom is 0.0152 e. The van der Waals surface area contributed by atoms with E-state index in [0.717, 1.165) is 0 Å². The molecule has 2 rings (SSSR count). The number of rotatable bonds is 0.